The number of nitrogens with zero attached hydrogens (tertiary/aromatic N) is 4. The monoisotopic (exact) mass is 526 g/mol. The molecule has 3 aromatic carbocycles. The van der Waals surface area contributed by atoms with Crippen molar-refractivity contribution in [3.8, 4) is 11.1 Å². The average molecular weight is 527 g/mol. The Bertz CT molecular complexity index is 1160. The van der Waals surface area contributed by atoms with E-state index >= 15 is 0 Å². The number of likely N-dealkylation sites (N-methyl/N-ethyl adjacent to an activating group) is 2. The fourth-order valence-corrected chi connectivity index (χ4v) is 5.14. The molecule has 0 fully saturated rings. The molecule has 0 aromatic heterocycles. The highest BCUT2D eigenvalue weighted by Gasteiger charge is 2.34. The first kappa shape index (κ1) is 28.5. The molecule has 0 saturated carbocycles. The smallest absolute Gasteiger partial charge is 0.129 e. The van der Waals surface area contributed by atoms with Crippen molar-refractivity contribution in [3.05, 3.63) is 95.6 Å². The van der Waals surface area contributed by atoms with Gasteiger partial charge in [-0.15, -0.1) is 0 Å². The Morgan fingerprint density at radius 3 is 1.33 bits per heavy atom. The number of rotatable bonds is 13. The van der Waals surface area contributed by atoms with Gasteiger partial charge in [0.05, 0.1) is 5.92 Å². The highest BCUT2D eigenvalue weighted by molar-refractivity contribution is 6.29. The molecule has 1 aliphatic carbocycles. The molecule has 206 valence electrons. The first-order valence-electron chi connectivity index (χ1n) is 14.3. The Balaban J connectivity index is 1.81. The van der Waals surface area contributed by atoms with Crippen LogP contribution in [0.5, 0.6) is 0 Å². The average Bonchev–Trinajstić information content (AvgIpc) is 3.11. The minimum atomic E-state index is -0.252. The number of oxime groups is 2. The highest BCUT2D eigenvalue weighted by Crippen LogP contribution is 2.39. The summed E-state index contributed by atoms with van der Waals surface area (Å²) >= 11 is 0. The quantitative estimate of drug-likeness (QED) is 0.194. The summed E-state index contributed by atoms with van der Waals surface area (Å²) in [5, 5.41) is 9.69. The molecule has 6 heteroatoms. The highest BCUT2D eigenvalue weighted by atomic mass is 16.6. The van der Waals surface area contributed by atoms with Crippen molar-refractivity contribution < 1.29 is 9.68 Å². The normalized spacial score (nSPS) is 16.8. The Morgan fingerprint density at radius 2 is 0.923 bits per heavy atom. The fraction of sp³-hybridized carbons (Fsp3) is 0.394. The summed E-state index contributed by atoms with van der Waals surface area (Å²) in [6, 6.07) is 27.3. The Kier molecular flexibility index (Phi) is 10.7. The molecule has 0 amide bonds. The lowest BCUT2D eigenvalue weighted by molar-refractivity contribution is 0.112. The van der Waals surface area contributed by atoms with E-state index in [9.17, 15) is 0 Å². The maximum atomic E-state index is 6.05. The van der Waals surface area contributed by atoms with Gasteiger partial charge in [-0.3, -0.25) is 0 Å². The van der Waals surface area contributed by atoms with Crippen molar-refractivity contribution in [2.45, 2.75) is 33.6 Å². The van der Waals surface area contributed by atoms with Gasteiger partial charge in [-0.1, -0.05) is 117 Å². The van der Waals surface area contributed by atoms with Crippen molar-refractivity contribution >= 4 is 11.4 Å². The second-order valence-electron chi connectivity index (χ2n) is 9.61. The zero-order valence-corrected chi connectivity index (χ0v) is 23.8. The molecule has 3 aromatic rings. The standard InChI is InChI=1S/C33H42N4O2/c1-5-36(6-2)22-24-38-34-32-29-20-14-12-18-27(29)28-19-13-15-21-30(28)33(31(32)26-16-10-9-11-17-26)35-39-25-23-37(7-3)8-4/h9-21,31H,5-8,22-25H2,1-4H3. The molecule has 0 atom stereocenters. The predicted molar refractivity (Wildman–Crippen MR) is 162 cm³/mol. The molecule has 0 radical (unpaired) electrons. The van der Waals surface area contributed by atoms with Crippen LogP contribution < -0.4 is 0 Å². The van der Waals surface area contributed by atoms with E-state index < -0.39 is 0 Å². The first-order chi connectivity index (χ1) is 19.2. The van der Waals surface area contributed by atoms with Crippen LogP contribution in [-0.2, 0) is 9.68 Å². The third-order valence-electron chi connectivity index (χ3n) is 7.49. The van der Waals surface area contributed by atoms with Gasteiger partial charge in [0.1, 0.15) is 24.6 Å². The molecule has 0 unspecified atom stereocenters. The summed E-state index contributed by atoms with van der Waals surface area (Å²) in [4.78, 5) is 16.8. The van der Waals surface area contributed by atoms with Crippen molar-refractivity contribution in [1.29, 1.82) is 0 Å². The fourth-order valence-electron chi connectivity index (χ4n) is 5.14. The minimum Gasteiger partial charge on any atom is -0.394 e. The van der Waals surface area contributed by atoms with E-state index in [0.717, 1.165) is 78.5 Å². The van der Waals surface area contributed by atoms with E-state index in [1.807, 2.05) is 6.07 Å². The largest absolute Gasteiger partial charge is 0.394 e. The molecular weight excluding hydrogens is 484 g/mol. The topological polar surface area (TPSA) is 49.7 Å². The molecule has 0 bridgehead atoms. The van der Waals surface area contributed by atoms with Gasteiger partial charge in [-0.25, -0.2) is 0 Å². The van der Waals surface area contributed by atoms with Crippen molar-refractivity contribution in [1.82, 2.24) is 9.80 Å². The van der Waals surface area contributed by atoms with Crippen molar-refractivity contribution in [2.75, 3.05) is 52.5 Å². The van der Waals surface area contributed by atoms with Crippen LogP contribution in [0.3, 0.4) is 0 Å². The lowest BCUT2D eigenvalue weighted by Crippen LogP contribution is -2.28. The van der Waals surface area contributed by atoms with Crippen LogP contribution in [0.25, 0.3) is 11.1 Å². The molecule has 4 rings (SSSR count). The van der Waals surface area contributed by atoms with E-state index in [-0.39, 0.29) is 5.92 Å². The van der Waals surface area contributed by atoms with Crippen molar-refractivity contribution in [3.63, 3.8) is 0 Å². The summed E-state index contributed by atoms with van der Waals surface area (Å²) in [5.41, 5.74) is 7.13. The summed E-state index contributed by atoms with van der Waals surface area (Å²) in [5.74, 6) is -0.252. The summed E-state index contributed by atoms with van der Waals surface area (Å²) in [7, 11) is 0. The van der Waals surface area contributed by atoms with E-state index in [1.165, 1.54) is 0 Å². The van der Waals surface area contributed by atoms with Crippen LogP contribution in [0, 0.1) is 0 Å². The van der Waals surface area contributed by atoms with Gasteiger partial charge in [0.2, 0.25) is 0 Å². The van der Waals surface area contributed by atoms with Crippen molar-refractivity contribution in [2.24, 2.45) is 10.3 Å². The van der Waals surface area contributed by atoms with Crippen LogP contribution in [0.1, 0.15) is 50.3 Å². The van der Waals surface area contributed by atoms with Crippen LogP contribution in [0.4, 0.5) is 0 Å². The van der Waals surface area contributed by atoms with Gasteiger partial charge in [-0.2, -0.15) is 0 Å². The first-order valence-corrected chi connectivity index (χ1v) is 14.3. The molecule has 39 heavy (non-hydrogen) atoms. The van der Waals surface area contributed by atoms with Gasteiger partial charge in [-0.05, 0) is 42.9 Å². The lowest BCUT2D eigenvalue weighted by Gasteiger charge is -2.21. The molecule has 0 spiro atoms. The predicted octanol–water partition coefficient (Wildman–Crippen LogP) is 6.28. The molecule has 1 aliphatic rings. The van der Waals surface area contributed by atoms with Crippen LogP contribution in [0.2, 0.25) is 0 Å². The molecule has 0 heterocycles. The lowest BCUT2D eigenvalue weighted by atomic mass is 9.85. The zero-order valence-electron chi connectivity index (χ0n) is 23.8. The van der Waals surface area contributed by atoms with E-state index in [1.54, 1.807) is 0 Å². The van der Waals surface area contributed by atoms with E-state index in [4.69, 9.17) is 20.0 Å². The Hall–Kier alpha value is -3.48. The van der Waals surface area contributed by atoms with Crippen LogP contribution in [-0.4, -0.2) is 73.7 Å². The Labute approximate surface area is 233 Å². The molecule has 6 nitrogen and oxygen atoms in total. The van der Waals surface area contributed by atoms with E-state index in [0.29, 0.717) is 13.2 Å². The van der Waals surface area contributed by atoms with Gasteiger partial charge in [0, 0.05) is 24.2 Å². The van der Waals surface area contributed by atoms with E-state index in [2.05, 4.69) is 110 Å². The van der Waals surface area contributed by atoms with Crippen LogP contribution >= 0.6 is 0 Å². The molecular formula is C33H42N4O2. The number of hydrogen-bond acceptors (Lipinski definition) is 6. The van der Waals surface area contributed by atoms with Gasteiger partial charge in [0.25, 0.3) is 0 Å². The Morgan fingerprint density at radius 1 is 0.538 bits per heavy atom. The van der Waals surface area contributed by atoms with Crippen LogP contribution in [0.15, 0.2) is 89.2 Å². The third kappa shape index (κ3) is 6.94. The zero-order chi connectivity index (χ0) is 27.5. The number of fused-ring (bicyclic) bond motifs is 3. The summed E-state index contributed by atoms with van der Waals surface area (Å²) in [6.45, 7) is 15.3. The second-order valence-corrected chi connectivity index (χ2v) is 9.61. The van der Waals surface area contributed by atoms with Gasteiger partial charge >= 0.3 is 0 Å². The maximum Gasteiger partial charge on any atom is 0.129 e. The third-order valence-corrected chi connectivity index (χ3v) is 7.49. The van der Waals surface area contributed by atoms with Gasteiger partial charge in [0.15, 0.2) is 0 Å². The number of benzene rings is 3. The summed E-state index contributed by atoms with van der Waals surface area (Å²) in [6.07, 6.45) is 0. The summed E-state index contributed by atoms with van der Waals surface area (Å²) < 4.78 is 0. The minimum absolute atomic E-state index is 0.252. The molecule has 0 saturated heterocycles. The maximum absolute atomic E-state index is 6.05. The molecule has 0 aliphatic heterocycles. The molecule has 0 N–H and O–H groups in total. The SMILES string of the molecule is CCN(CC)CCON=C1c2ccccc2-c2ccccc2C(=NOCCN(CC)CC)C1c1ccccc1. The second kappa shape index (κ2) is 14.6. The van der Waals surface area contributed by atoms with Gasteiger partial charge < -0.3 is 19.5 Å². The number of hydrogen-bond donors (Lipinski definition) is 0.